The van der Waals surface area contributed by atoms with Gasteiger partial charge in [-0.3, -0.25) is 4.79 Å². The van der Waals surface area contributed by atoms with Crippen molar-refractivity contribution in [2.24, 2.45) is 5.92 Å². The molecule has 0 saturated carbocycles. The molecule has 0 unspecified atom stereocenters. The molecule has 0 bridgehead atoms. The summed E-state index contributed by atoms with van der Waals surface area (Å²) < 4.78 is 38.0. The molecule has 7 nitrogen and oxygen atoms in total. The molecule has 0 radical (unpaired) electrons. The molecule has 1 aliphatic heterocycles. The number of rotatable bonds is 10. The highest BCUT2D eigenvalue weighted by Gasteiger charge is 2.29. The van der Waals surface area contributed by atoms with E-state index >= 15 is 0 Å². The Morgan fingerprint density at radius 2 is 1.90 bits per heavy atom. The Morgan fingerprint density at radius 1 is 1.21 bits per heavy atom. The lowest BCUT2D eigenvalue weighted by Gasteiger charge is -2.26. The number of nitrogens with one attached hydrogen (secondary N) is 1. The summed E-state index contributed by atoms with van der Waals surface area (Å²) in [5.41, 5.74) is 0.643. The summed E-state index contributed by atoms with van der Waals surface area (Å²) >= 11 is 0. The lowest BCUT2D eigenvalue weighted by Crippen LogP contribution is -2.40. The summed E-state index contributed by atoms with van der Waals surface area (Å²) in [6.07, 6.45) is 3.28. The van der Waals surface area contributed by atoms with Crippen LogP contribution >= 0.6 is 0 Å². The van der Waals surface area contributed by atoms with E-state index in [0.717, 1.165) is 19.3 Å². The molecule has 0 aliphatic carbocycles. The lowest BCUT2D eigenvalue weighted by atomic mass is 10.0. The third-order valence-corrected chi connectivity index (χ3v) is 6.93. The van der Waals surface area contributed by atoms with Gasteiger partial charge < -0.3 is 14.8 Å². The lowest BCUT2D eigenvalue weighted by molar-refractivity contribution is -0.121. The van der Waals surface area contributed by atoms with Crippen molar-refractivity contribution in [1.29, 1.82) is 0 Å². The van der Waals surface area contributed by atoms with Gasteiger partial charge in [0, 0.05) is 19.1 Å². The normalized spacial score (nSPS) is 16.6. The maximum Gasteiger partial charge on any atom is 0.246 e. The first-order valence-electron chi connectivity index (χ1n) is 10.3. The van der Waals surface area contributed by atoms with Crippen LogP contribution in [0.25, 0.3) is 0 Å². The van der Waals surface area contributed by atoms with E-state index in [4.69, 9.17) is 9.47 Å². The molecule has 1 aliphatic rings. The molecule has 1 aromatic carbocycles. The van der Waals surface area contributed by atoms with Crippen molar-refractivity contribution in [3.05, 3.63) is 23.8 Å². The summed E-state index contributed by atoms with van der Waals surface area (Å²) in [5.74, 6) is 0.827. The van der Waals surface area contributed by atoms with Crippen LogP contribution < -0.4 is 10.1 Å². The molecular weight excluding hydrogens is 392 g/mol. The Morgan fingerprint density at radius 3 is 2.52 bits per heavy atom. The van der Waals surface area contributed by atoms with Crippen molar-refractivity contribution in [3.8, 4) is 5.75 Å². The fourth-order valence-corrected chi connectivity index (χ4v) is 4.99. The number of ether oxygens (including phenoxy) is 2. The van der Waals surface area contributed by atoms with Gasteiger partial charge in [0.2, 0.25) is 15.9 Å². The second-order valence-corrected chi connectivity index (χ2v) is 9.88. The highest BCUT2D eigenvalue weighted by Crippen LogP contribution is 2.28. The number of nitrogens with zero attached hydrogens (tertiary/aromatic N) is 1. The number of benzene rings is 1. The van der Waals surface area contributed by atoms with Crippen molar-refractivity contribution in [1.82, 2.24) is 9.62 Å². The minimum atomic E-state index is -3.71. The number of methoxy groups -OCH3 is 1. The molecule has 1 heterocycles. The van der Waals surface area contributed by atoms with E-state index < -0.39 is 10.0 Å². The largest absolute Gasteiger partial charge is 0.495 e. The van der Waals surface area contributed by atoms with Crippen LogP contribution in [0.3, 0.4) is 0 Å². The standard InChI is InChI=1S/C21H34N2O5S/c1-16(2)6-5-7-17(3)22-21(24)15-18-8-9-19(27-4)20(14-18)29(25,26)23-10-12-28-13-11-23/h8-9,14,16-17H,5-7,10-13,15H2,1-4H3,(H,22,24)/t17-/m0/s1. The zero-order chi connectivity index (χ0) is 21.4. The number of carbonyl (C=O) groups is 1. The molecule has 1 atom stereocenters. The Bertz CT molecular complexity index is 773. The quantitative estimate of drug-likeness (QED) is 0.622. The minimum Gasteiger partial charge on any atom is -0.495 e. The molecule has 8 heteroatoms. The molecular formula is C21H34N2O5S. The number of sulfonamides is 1. The molecule has 0 aromatic heterocycles. The van der Waals surface area contributed by atoms with E-state index in [-0.39, 0.29) is 29.0 Å². The van der Waals surface area contributed by atoms with E-state index in [1.807, 2.05) is 6.92 Å². The van der Waals surface area contributed by atoms with Gasteiger partial charge in [0.05, 0.1) is 26.7 Å². The number of hydrogen-bond donors (Lipinski definition) is 1. The Hall–Kier alpha value is -1.64. The monoisotopic (exact) mass is 426 g/mol. The van der Waals surface area contributed by atoms with Crippen LogP contribution in [0.4, 0.5) is 0 Å². The van der Waals surface area contributed by atoms with Crippen LogP contribution in [0.1, 0.15) is 45.6 Å². The van der Waals surface area contributed by atoms with E-state index in [0.29, 0.717) is 37.8 Å². The van der Waals surface area contributed by atoms with Gasteiger partial charge >= 0.3 is 0 Å². The van der Waals surface area contributed by atoms with Gasteiger partial charge in [0.1, 0.15) is 10.6 Å². The summed E-state index contributed by atoms with van der Waals surface area (Å²) in [6, 6.07) is 4.99. The molecule has 164 valence electrons. The van der Waals surface area contributed by atoms with Crippen molar-refractivity contribution in [3.63, 3.8) is 0 Å². The zero-order valence-corrected chi connectivity index (χ0v) is 18.8. The number of amides is 1. The first-order valence-corrected chi connectivity index (χ1v) is 11.7. The van der Waals surface area contributed by atoms with Crippen LogP contribution in [0, 0.1) is 5.92 Å². The predicted octanol–water partition coefficient (Wildman–Crippen LogP) is 2.59. The maximum absolute atomic E-state index is 13.0. The third kappa shape index (κ3) is 6.97. The first kappa shape index (κ1) is 23.6. The van der Waals surface area contributed by atoms with Crippen LogP contribution in [-0.2, 0) is 26.0 Å². The fraction of sp³-hybridized carbons (Fsp3) is 0.667. The van der Waals surface area contributed by atoms with E-state index in [9.17, 15) is 13.2 Å². The predicted molar refractivity (Wildman–Crippen MR) is 113 cm³/mol. The van der Waals surface area contributed by atoms with Crippen molar-refractivity contribution in [2.75, 3.05) is 33.4 Å². The van der Waals surface area contributed by atoms with Crippen molar-refractivity contribution < 1.29 is 22.7 Å². The van der Waals surface area contributed by atoms with Crippen LogP contribution in [0.2, 0.25) is 0 Å². The van der Waals surface area contributed by atoms with Gasteiger partial charge in [-0.1, -0.05) is 32.8 Å². The van der Waals surface area contributed by atoms with Gasteiger partial charge in [-0.25, -0.2) is 8.42 Å². The van der Waals surface area contributed by atoms with Gasteiger partial charge in [-0.05, 0) is 37.0 Å². The van der Waals surface area contributed by atoms with Crippen molar-refractivity contribution in [2.45, 2.75) is 57.4 Å². The average molecular weight is 427 g/mol. The molecule has 1 fully saturated rings. The SMILES string of the molecule is COc1ccc(CC(=O)N[C@@H](C)CCCC(C)C)cc1S(=O)(=O)N1CCOCC1. The number of carbonyl (C=O) groups excluding carboxylic acids is 1. The second-order valence-electron chi connectivity index (χ2n) is 7.97. The summed E-state index contributed by atoms with van der Waals surface area (Å²) in [7, 11) is -2.27. The Balaban J connectivity index is 2.06. The topological polar surface area (TPSA) is 84.9 Å². The molecule has 1 N–H and O–H groups in total. The first-order chi connectivity index (χ1) is 13.7. The summed E-state index contributed by atoms with van der Waals surface area (Å²) in [4.78, 5) is 12.5. The Kier molecular flexibility index (Phi) is 8.92. The zero-order valence-electron chi connectivity index (χ0n) is 17.9. The smallest absolute Gasteiger partial charge is 0.246 e. The molecule has 0 spiro atoms. The minimum absolute atomic E-state index is 0.0936. The van der Waals surface area contributed by atoms with Crippen LogP contribution in [-0.4, -0.2) is 58.1 Å². The molecule has 1 aromatic rings. The van der Waals surface area contributed by atoms with E-state index in [1.165, 1.54) is 11.4 Å². The van der Waals surface area contributed by atoms with Gasteiger partial charge in [0.15, 0.2) is 0 Å². The maximum atomic E-state index is 13.0. The molecule has 29 heavy (non-hydrogen) atoms. The molecule has 1 saturated heterocycles. The van der Waals surface area contributed by atoms with E-state index in [1.54, 1.807) is 18.2 Å². The van der Waals surface area contributed by atoms with Crippen LogP contribution in [0.5, 0.6) is 5.75 Å². The summed E-state index contributed by atoms with van der Waals surface area (Å²) in [6.45, 7) is 7.75. The fourth-order valence-electron chi connectivity index (χ4n) is 3.37. The van der Waals surface area contributed by atoms with E-state index in [2.05, 4.69) is 19.2 Å². The van der Waals surface area contributed by atoms with Crippen LogP contribution in [0.15, 0.2) is 23.1 Å². The number of hydrogen-bond acceptors (Lipinski definition) is 5. The molecule has 1 amide bonds. The highest BCUT2D eigenvalue weighted by molar-refractivity contribution is 7.89. The van der Waals surface area contributed by atoms with Gasteiger partial charge in [-0.15, -0.1) is 0 Å². The van der Waals surface area contributed by atoms with Gasteiger partial charge in [0.25, 0.3) is 0 Å². The van der Waals surface area contributed by atoms with Gasteiger partial charge in [-0.2, -0.15) is 4.31 Å². The molecule has 2 rings (SSSR count). The number of morpholine rings is 1. The Labute approximate surface area is 174 Å². The highest BCUT2D eigenvalue weighted by atomic mass is 32.2. The average Bonchev–Trinajstić information content (AvgIpc) is 2.68. The third-order valence-electron chi connectivity index (χ3n) is 5.01. The summed E-state index contributed by atoms with van der Waals surface area (Å²) in [5, 5.41) is 3.01. The van der Waals surface area contributed by atoms with Crippen molar-refractivity contribution >= 4 is 15.9 Å². The second kappa shape index (κ2) is 10.9.